The van der Waals surface area contributed by atoms with Crippen LogP contribution in [0.15, 0.2) is 109 Å². The Morgan fingerprint density at radius 2 is 1.00 bits per heavy atom. The maximum atomic E-state index is 14.7. The van der Waals surface area contributed by atoms with E-state index in [9.17, 15) is 19.2 Å². The smallest absolute Gasteiger partial charge is 0.407 e. The quantitative estimate of drug-likeness (QED) is 0.0990. The lowest BCUT2D eigenvalue weighted by Crippen LogP contribution is -2.43. The number of carbonyl (C=O) groups excluding carboxylic acids is 4. The van der Waals surface area contributed by atoms with E-state index >= 15 is 0 Å². The fourth-order valence-corrected chi connectivity index (χ4v) is 16.5. The lowest BCUT2D eigenvalue weighted by Gasteiger charge is -2.28. The lowest BCUT2D eigenvalue weighted by atomic mass is 9.82. The highest BCUT2D eigenvalue weighted by Gasteiger charge is 2.57. The number of likely N-dealkylation sites (tertiary alicyclic amines) is 2. The topological polar surface area (TPSA) is 175 Å². The lowest BCUT2D eigenvalue weighted by molar-refractivity contribution is -0.135. The summed E-state index contributed by atoms with van der Waals surface area (Å²) < 4.78 is 10.0. The highest BCUT2D eigenvalue weighted by Crippen LogP contribution is 2.61. The van der Waals surface area contributed by atoms with Crippen molar-refractivity contribution in [3.8, 4) is 33.5 Å². The third-order valence-corrected chi connectivity index (χ3v) is 21.2. The predicted molar refractivity (Wildman–Crippen MR) is 312 cm³/mol. The maximum Gasteiger partial charge on any atom is 0.407 e. The number of carbonyl (C=O) groups is 4. The van der Waals surface area contributed by atoms with Gasteiger partial charge < -0.3 is 39.9 Å². The predicted octanol–water partition coefficient (Wildman–Crippen LogP) is 12.9. The number of aromatic nitrogens is 4. The van der Waals surface area contributed by atoms with Crippen LogP contribution in [-0.4, -0.2) is 81.0 Å². The molecular formula is C68H72N8O6. The number of ether oxygens (including phenoxy) is 2. The van der Waals surface area contributed by atoms with E-state index in [2.05, 4.69) is 63.1 Å². The molecule has 2 aliphatic heterocycles. The Morgan fingerprint density at radius 3 is 1.50 bits per heavy atom. The van der Waals surface area contributed by atoms with Gasteiger partial charge in [0.15, 0.2) is 0 Å². The second kappa shape index (κ2) is 19.4. The molecular weight excluding hydrogens is 1020 g/mol. The van der Waals surface area contributed by atoms with Crippen molar-refractivity contribution in [2.24, 2.45) is 21.7 Å². The summed E-state index contributed by atoms with van der Waals surface area (Å²) in [5, 5.41) is 5.69. The largest absolute Gasteiger partial charge is 0.453 e. The molecule has 8 aliphatic rings. The summed E-state index contributed by atoms with van der Waals surface area (Å²) in [6, 6.07) is 32.9. The molecule has 420 valence electrons. The number of nitrogens with one attached hydrogen (secondary N) is 4. The van der Waals surface area contributed by atoms with Crippen LogP contribution < -0.4 is 10.6 Å². The molecule has 6 fully saturated rings. The van der Waals surface area contributed by atoms with Crippen molar-refractivity contribution >= 4 is 35.0 Å². The van der Waals surface area contributed by atoms with Gasteiger partial charge in [0.1, 0.15) is 23.7 Å². The molecule has 4 saturated carbocycles. The number of aromatic amines is 2. The van der Waals surface area contributed by atoms with E-state index in [4.69, 9.17) is 19.4 Å². The number of alkyl carbamates (subject to hydrolysis) is 2. The summed E-state index contributed by atoms with van der Waals surface area (Å²) in [7, 11) is 2.65. The molecule has 2 aromatic heterocycles. The van der Waals surface area contributed by atoms with Gasteiger partial charge in [0.05, 0.1) is 49.2 Å². The SMILES string of the molecule is COC(=O)N[C@H](C(=O)N1CC2(CC2)C[C@@H]1c1ncc(-c2ccc(-c3ccc(-c4ccc5nc([C@@H]6CC7(CC7)CN6C(=O)[C@H](NC(=O)OC)c6ccccc6)[nH]c5c4)c4c3CC3(CCCC3)C4)c3c2CC2(CCCC2)C3)[nH]1)c1ccccc1. The molecule has 82 heavy (non-hydrogen) atoms. The Balaban J connectivity index is 0.763. The van der Waals surface area contributed by atoms with Gasteiger partial charge >= 0.3 is 12.2 Å². The average Bonchev–Trinajstić information content (AvgIpc) is 3.69. The standard InChI is InChI=1S/C68H72N8O6/c1-81-63(79)73-57(41-13-5-3-6-14-41)61(77)75-39-67(27-28-67)36-55(75)59-69-38-54(72-59)47-21-20-46(50-34-66(35-51(47)50)25-11-12-26-66)45-19-18-44(48-32-65(33-49(45)48)23-9-10-24-65)43-17-22-52-53(31-43)71-60(70-52)56-37-68(29-30-68)40-76(56)62(78)58(74-64(80)82-2)42-15-7-4-8-16-42/h3-8,13-22,31,38,55-58H,9-12,23-30,32-37,39-40H2,1-2H3,(H,69,72)(H,70,71)(H,73,79)(H,74,80)/t55-,56+,57+,58-/m1/s1. The van der Waals surface area contributed by atoms with Crippen LogP contribution in [0.4, 0.5) is 9.59 Å². The summed E-state index contributed by atoms with van der Waals surface area (Å²) in [4.78, 5) is 76.5. The molecule has 4 amide bonds. The van der Waals surface area contributed by atoms with Gasteiger partial charge in [-0.3, -0.25) is 9.59 Å². The summed E-state index contributed by atoms with van der Waals surface area (Å²) in [6.45, 7) is 1.26. The van der Waals surface area contributed by atoms with E-state index in [1.165, 1.54) is 116 Å². The Hall–Kier alpha value is -7.74. The molecule has 2 saturated heterocycles. The highest BCUT2D eigenvalue weighted by molar-refractivity contribution is 5.90. The first-order valence-electron chi connectivity index (χ1n) is 30.2. The number of rotatable bonds is 11. The van der Waals surface area contributed by atoms with Crippen LogP contribution in [0.1, 0.15) is 159 Å². The van der Waals surface area contributed by atoms with Gasteiger partial charge in [0, 0.05) is 18.7 Å². The van der Waals surface area contributed by atoms with Crippen LogP contribution in [0.5, 0.6) is 0 Å². The van der Waals surface area contributed by atoms with Crippen LogP contribution >= 0.6 is 0 Å². The Kier molecular flexibility index (Phi) is 12.1. The van der Waals surface area contributed by atoms with Crippen molar-refractivity contribution in [2.45, 2.75) is 140 Å². The van der Waals surface area contributed by atoms with Crippen LogP contribution in [0.2, 0.25) is 0 Å². The summed E-state index contributed by atoms with van der Waals surface area (Å²) in [5.41, 5.74) is 17.3. The van der Waals surface area contributed by atoms with Gasteiger partial charge in [-0.05, 0) is 179 Å². The first-order chi connectivity index (χ1) is 39.9. The fourth-order valence-electron chi connectivity index (χ4n) is 16.5. The first-order valence-corrected chi connectivity index (χ1v) is 30.2. The van der Waals surface area contributed by atoms with E-state index in [-0.39, 0.29) is 45.6 Å². The molecule has 7 aromatic rings. The molecule has 14 heteroatoms. The monoisotopic (exact) mass is 1100 g/mol. The number of imidazole rings is 2. The first kappa shape index (κ1) is 51.2. The van der Waals surface area contributed by atoms with Gasteiger partial charge in [-0.2, -0.15) is 0 Å². The summed E-state index contributed by atoms with van der Waals surface area (Å²) in [5.74, 6) is 1.28. The minimum Gasteiger partial charge on any atom is -0.453 e. The van der Waals surface area contributed by atoms with Gasteiger partial charge in [-0.25, -0.2) is 19.6 Å². The summed E-state index contributed by atoms with van der Waals surface area (Å²) >= 11 is 0. The van der Waals surface area contributed by atoms with Crippen LogP contribution in [-0.2, 0) is 44.7 Å². The Labute approximate surface area is 478 Å². The van der Waals surface area contributed by atoms with Gasteiger partial charge in [0.2, 0.25) is 0 Å². The van der Waals surface area contributed by atoms with E-state index in [1.807, 2.05) is 76.7 Å². The molecule has 14 nitrogen and oxygen atoms in total. The fraction of sp³-hybridized carbons (Fsp3) is 0.441. The zero-order valence-electron chi connectivity index (χ0n) is 47.1. The number of H-pyrrole nitrogens is 2. The molecule has 15 rings (SSSR count). The minimum atomic E-state index is -0.885. The molecule has 5 aromatic carbocycles. The van der Waals surface area contributed by atoms with E-state index in [0.29, 0.717) is 18.7 Å². The average molecular weight is 1100 g/mol. The van der Waals surface area contributed by atoms with Crippen molar-refractivity contribution in [1.29, 1.82) is 0 Å². The van der Waals surface area contributed by atoms with Gasteiger partial charge in [-0.15, -0.1) is 0 Å². The molecule has 4 N–H and O–H groups in total. The number of nitrogens with zero attached hydrogens (tertiary/aromatic N) is 4. The molecule has 4 spiro atoms. The third-order valence-electron chi connectivity index (χ3n) is 21.2. The normalized spacial score (nSPS) is 22.5. The van der Waals surface area contributed by atoms with Crippen LogP contribution in [0.25, 0.3) is 44.5 Å². The molecule has 6 aliphatic carbocycles. The number of methoxy groups -OCH3 is 2. The Morgan fingerprint density at radius 1 is 0.537 bits per heavy atom. The van der Waals surface area contributed by atoms with Crippen molar-refractivity contribution in [1.82, 2.24) is 40.4 Å². The number of fused-ring (bicyclic) bond motifs is 3. The van der Waals surface area contributed by atoms with Crippen LogP contribution in [0, 0.1) is 21.7 Å². The molecule has 4 atom stereocenters. The number of benzene rings is 5. The second-order valence-electron chi connectivity index (χ2n) is 26.2. The minimum absolute atomic E-state index is 0.0669. The highest BCUT2D eigenvalue weighted by atomic mass is 16.5. The molecule has 4 heterocycles. The van der Waals surface area contributed by atoms with Gasteiger partial charge in [-0.1, -0.05) is 117 Å². The van der Waals surface area contributed by atoms with E-state index in [1.54, 1.807) is 0 Å². The van der Waals surface area contributed by atoms with Crippen molar-refractivity contribution in [2.75, 3.05) is 27.3 Å². The molecule has 0 unspecified atom stereocenters. The molecule has 0 bridgehead atoms. The zero-order valence-corrected chi connectivity index (χ0v) is 47.1. The zero-order chi connectivity index (χ0) is 55.5. The number of amides is 4. The van der Waals surface area contributed by atoms with Crippen molar-refractivity contribution < 1.29 is 28.7 Å². The third kappa shape index (κ3) is 8.79. The van der Waals surface area contributed by atoms with Crippen LogP contribution in [0.3, 0.4) is 0 Å². The Bertz CT molecular complexity index is 3700. The number of hydrogen-bond acceptors (Lipinski definition) is 8. The van der Waals surface area contributed by atoms with E-state index in [0.717, 1.165) is 98.1 Å². The van der Waals surface area contributed by atoms with Crippen molar-refractivity contribution in [3.05, 3.63) is 154 Å². The van der Waals surface area contributed by atoms with Gasteiger partial charge in [0.25, 0.3) is 11.8 Å². The maximum absolute atomic E-state index is 14.7. The van der Waals surface area contributed by atoms with E-state index < -0.39 is 24.3 Å². The summed E-state index contributed by atoms with van der Waals surface area (Å²) in [6.07, 6.45) is 21.1. The second-order valence-corrected chi connectivity index (χ2v) is 26.2. The van der Waals surface area contributed by atoms with Crippen molar-refractivity contribution in [3.63, 3.8) is 0 Å². The number of hydrogen-bond donors (Lipinski definition) is 4. The molecule has 0 radical (unpaired) electrons.